The first-order valence-electron chi connectivity index (χ1n) is 7.63. The van der Waals surface area contributed by atoms with Crippen LogP contribution < -0.4 is 5.32 Å². The number of hydrogen-bond donors (Lipinski definition) is 1. The third kappa shape index (κ3) is 2.83. The predicted octanol–water partition coefficient (Wildman–Crippen LogP) is 0.544. The van der Waals surface area contributed by atoms with Crippen molar-refractivity contribution in [2.75, 3.05) is 53.0 Å². The molecule has 2 fully saturated rings. The third-order valence-electron chi connectivity index (χ3n) is 4.61. The van der Waals surface area contributed by atoms with Crippen LogP contribution in [0, 0.1) is 5.41 Å². The van der Waals surface area contributed by atoms with Gasteiger partial charge in [0.15, 0.2) is 5.96 Å². The maximum atomic E-state index is 5.31. The molecule has 0 aliphatic carbocycles. The van der Waals surface area contributed by atoms with Crippen molar-refractivity contribution in [3.05, 3.63) is 12.2 Å². The van der Waals surface area contributed by atoms with Gasteiger partial charge in [0.25, 0.3) is 0 Å². The number of guanidine groups is 1. The van der Waals surface area contributed by atoms with Crippen molar-refractivity contribution >= 4 is 5.96 Å². The van der Waals surface area contributed by atoms with Crippen LogP contribution in [0.1, 0.15) is 13.3 Å². The van der Waals surface area contributed by atoms with Crippen LogP contribution in [-0.4, -0.2) is 74.8 Å². The second kappa shape index (κ2) is 5.74. The van der Waals surface area contributed by atoms with Crippen LogP contribution in [0.15, 0.2) is 17.1 Å². The first-order valence-corrected chi connectivity index (χ1v) is 7.63. The molecule has 1 unspecified atom stereocenters. The molecule has 1 atom stereocenters. The van der Waals surface area contributed by atoms with Crippen molar-refractivity contribution < 1.29 is 4.74 Å². The number of hydrogen-bond acceptors (Lipinski definition) is 3. The summed E-state index contributed by atoms with van der Waals surface area (Å²) in [5.74, 6) is 1.05. The molecule has 0 saturated carbocycles. The first-order chi connectivity index (χ1) is 9.70. The molecule has 3 rings (SSSR count). The molecule has 0 radical (unpaired) electrons. The van der Waals surface area contributed by atoms with E-state index in [0.717, 1.165) is 51.9 Å². The third-order valence-corrected chi connectivity index (χ3v) is 4.61. The monoisotopic (exact) mass is 278 g/mol. The van der Waals surface area contributed by atoms with Crippen molar-refractivity contribution in [3.63, 3.8) is 0 Å². The minimum Gasteiger partial charge on any atom is -0.380 e. The van der Waals surface area contributed by atoms with E-state index in [-0.39, 0.29) is 5.41 Å². The molecule has 5 heteroatoms. The van der Waals surface area contributed by atoms with Gasteiger partial charge in [0.2, 0.25) is 0 Å². The Morgan fingerprint density at radius 2 is 2.15 bits per heavy atom. The lowest BCUT2D eigenvalue weighted by Gasteiger charge is -2.39. The van der Waals surface area contributed by atoms with E-state index in [1.54, 1.807) is 0 Å². The summed E-state index contributed by atoms with van der Waals surface area (Å²) in [5, 5.41) is 3.53. The van der Waals surface area contributed by atoms with E-state index in [1.165, 1.54) is 6.42 Å². The largest absolute Gasteiger partial charge is 0.380 e. The zero-order valence-corrected chi connectivity index (χ0v) is 12.6. The summed E-state index contributed by atoms with van der Waals surface area (Å²) >= 11 is 0. The Kier molecular flexibility index (Phi) is 3.98. The van der Waals surface area contributed by atoms with Crippen LogP contribution in [0.4, 0.5) is 0 Å². The lowest BCUT2D eigenvalue weighted by Crippen LogP contribution is -2.51. The summed E-state index contributed by atoms with van der Waals surface area (Å²) in [6, 6.07) is 0.672. The molecular formula is C15H26N4O. The Morgan fingerprint density at radius 3 is 2.75 bits per heavy atom. The van der Waals surface area contributed by atoms with Crippen LogP contribution >= 0.6 is 0 Å². The van der Waals surface area contributed by atoms with Gasteiger partial charge in [-0.1, -0.05) is 19.1 Å². The summed E-state index contributed by atoms with van der Waals surface area (Å²) in [6.45, 7) is 9.35. The van der Waals surface area contributed by atoms with Gasteiger partial charge in [0.05, 0.1) is 13.2 Å². The fourth-order valence-electron chi connectivity index (χ4n) is 3.20. The quantitative estimate of drug-likeness (QED) is 0.465. The van der Waals surface area contributed by atoms with Gasteiger partial charge in [-0.25, -0.2) is 0 Å². The molecule has 3 aliphatic rings. The predicted molar refractivity (Wildman–Crippen MR) is 81.0 cm³/mol. The lowest BCUT2D eigenvalue weighted by molar-refractivity contribution is -0.0972. The van der Waals surface area contributed by atoms with Crippen LogP contribution in [-0.2, 0) is 4.74 Å². The smallest absolute Gasteiger partial charge is 0.193 e. The molecule has 3 heterocycles. The van der Waals surface area contributed by atoms with Gasteiger partial charge in [-0.05, 0) is 6.42 Å². The van der Waals surface area contributed by atoms with Crippen molar-refractivity contribution in [3.8, 4) is 0 Å². The van der Waals surface area contributed by atoms with Crippen molar-refractivity contribution in [1.29, 1.82) is 0 Å². The van der Waals surface area contributed by atoms with E-state index in [1.807, 2.05) is 7.05 Å². The number of nitrogens with zero attached hydrogens (tertiary/aromatic N) is 3. The van der Waals surface area contributed by atoms with E-state index in [0.29, 0.717) is 6.04 Å². The highest BCUT2D eigenvalue weighted by Crippen LogP contribution is 2.25. The van der Waals surface area contributed by atoms with Gasteiger partial charge in [-0.2, -0.15) is 0 Å². The van der Waals surface area contributed by atoms with E-state index in [9.17, 15) is 0 Å². The summed E-state index contributed by atoms with van der Waals surface area (Å²) in [5.41, 5.74) is 0.286. The number of aliphatic imine (C=N–C) groups is 1. The van der Waals surface area contributed by atoms with Gasteiger partial charge >= 0.3 is 0 Å². The summed E-state index contributed by atoms with van der Waals surface area (Å²) in [6.07, 6.45) is 5.78. The van der Waals surface area contributed by atoms with Crippen LogP contribution in [0.5, 0.6) is 0 Å². The molecule has 1 N–H and O–H groups in total. The highest BCUT2D eigenvalue weighted by atomic mass is 16.5. The normalized spacial score (nSPS) is 29.8. The second-order valence-corrected chi connectivity index (χ2v) is 6.52. The Balaban J connectivity index is 1.49. The van der Waals surface area contributed by atoms with Gasteiger partial charge in [0.1, 0.15) is 0 Å². The van der Waals surface area contributed by atoms with E-state index in [2.05, 4.69) is 39.2 Å². The number of rotatable bonds is 3. The Labute approximate surface area is 121 Å². The number of ether oxygens (including phenoxy) is 1. The molecular weight excluding hydrogens is 252 g/mol. The van der Waals surface area contributed by atoms with Crippen molar-refractivity contribution in [2.45, 2.75) is 19.4 Å². The van der Waals surface area contributed by atoms with E-state index in [4.69, 9.17) is 4.74 Å². The zero-order chi connectivity index (χ0) is 14.0. The molecule has 3 aliphatic heterocycles. The van der Waals surface area contributed by atoms with E-state index < -0.39 is 0 Å². The SMILES string of the molecule is CN=C(NCC1(C)COC1)N1CCC(N2CC=CC2)C1. The second-order valence-electron chi connectivity index (χ2n) is 6.52. The molecule has 0 spiro atoms. The molecule has 20 heavy (non-hydrogen) atoms. The minimum atomic E-state index is 0.286. The standard InChI is InChI=1S/C15H26N4O/c1-15(11-20-12-15)10-17-14(16-2)19-8-5-13(9-19)18-6-3-4-7-18/h3-4,13H,5-12H2,1-2H3,(H,16,17). The van der Waals surface area contributed by atoms with Gasteiger partial charge < -0.3 is 15.0 Å². The molecule has 5 nitrogen and oxygen atoms in total. The molecule has 0 aromatic carbocycles. The molecule has 0 aromatic rings. The van der Waals surface area contributed by atoms with Crippen LogP contribution in [0.2, 0.25) is 0 Å². The minimum absolute atomic E-state index is 0.286. The van der Waals surface area contributed by atoms with Crippen LogP contribution in [0.25, 0.3) is 0 Å². The highest BCUT2D eigenvalue weighted by Gasteiger charge is 2.35. The van der Waals surface area contributed by atoms with E-state index >= 15 is 0 Å². The molecule has 2 saturated heterocycles. The fourth-order valence-corrected chi connectivity index (χ4v) is 3.20. The molecule has 0 amide bonds. The molecule has 0 bridgehead atoms. The average molecular weight is 278 g/mol. The molecule has 112 valence electrons. The topological polar surface area (TPSA) is 40.1 Å². The first kappa shape index (κ1) is 13.9. The summed E-state index contributed by atoms with van der Waals surface area (Å²) in [4.78, 5) is 9.39. The summed E-state index contributed by atoms with van der Waals surface area (Å²) in [7, 11) is 1.88. The van der Waals surface area contributed by atoms with Crippen LogP contribution in [0.3, 0.4) is 0 Å². The maximum absolute atomic E-state index is 5.31. The Hall–Kier alpha value is -1.07. The Bertz CT molecular complexity index is 395. The molecule has 0 aromatic heterocycles. The van der Waals surface area contributed by atoms with Crippen molar-refractivity contribution in [2.24, 2.45) is 10.4 Å². The highest BCUT2D eigenvalue weighted by molar-refractivity contribution is 5.80. The maximum Gasteiger partial charge on any atom is 0.193 e. The fraction of sp³-hybridized carbons (Fsp3) is 0.800. The zero-order valence-electron chi connectivity index (χ0n) is 12.6. The van der Waals surface area contributed by atoms with Crippen molar-refractivity contribution in [1.82, 2.24) is 15.1 Å². The number of likely N-dealkylation sites (tertiary alicyclic amines) is 1. The summed E-state index contributed by atoms with van der Waals surface area (Å²) < 4.78 is 5.31. The Morgan fingerprint density at radius 1 is 1.40 bits per heavy atom. The van der Waals surface area contributed by atoms with Gasteiger partial charge in [-0.3, -0.25) is 9.89 Å². The lowest BCUT2D eigenvalue weighted by atomic mass is 9.89. The van der Waals surface area contributed by atoms with Gasteiger partial charge in [-0.15, -0.1) is 0 Å². The average Bonchev–Trinajstić information content (AvgIpc) is 3.08. The number of nitrogens with one attached hydrogen (secondary N) is 1. The van der Waals surface area contributed by atoms with Gasteiger partial charge in [0, 0.05) is 51.2 Å².